The Balaban J connectivity index is 0.00000112. The lowest BCUT2D eigenvalue weighted by Crippen LogP contribution is -1.98. The maximum Gasteiger partial charge on any atom is 0.296 e. The molecule has 0 fully saturated rings. The van der Waals surface area contributed by atoms with Gasteiger partial charge in [0.25, 0.3) is 10.1 Å². The molecule has 1 aromatic carbocycles. The highest BCUT2D eigenvalue weighted by molar-refractivity contribution is 7.85. The Morgan fingerprint density at radius 1 is 1.12 bits per heavy atom. The van der Waals surface area contributed by atoms with Gasteiger partial charge in [0.2, 0.25) is 0 Å². The molecule has 0 saturated heterocycles. The Kier molecular flexibility index (Phi) is 5.15. The molecule has 0 spiro atoms. The standard InChI is InChI=1S/C9H7NO3S.2ClH/c11-14(12,13)8-5-7-3-1-2-4-9(7)10-6-8;;/h1-6H,(H,11,12,13);2*1H. The van der Waals surface area contributed by atoms with E-state index in [2.05, 4.69) is 4.98 Å². The van der Waals surface area contributed by atoms with Gasteiger partial charge in [0.05, 0.1) is 5.52 Å². The minimum atomic E-state index is -4.16. The van der Waals surface area contributed by atoms with Crippen molar-refractivity contribution in [3.05, 3.63) is 36.5 Å². The molecule has 2 aromatic rings. The van der Waals surface area contributed by atoms with E-state index in [9.17, 15) is 8.42 Å². The molecular formula is C9H9Cl2NO3S. The van der Waals surface area contributed by atoms with Crippen LogP contribution in [0.3, 0.4) is 0 Å². The van der Waals surface area contributed by atoms with Crippen LogP contribution in [0.5, 0.6) is 0 Å². The molecule has 0 atom stereocenters. The number of rotatable bonds is 1. The summed E-state index contributed by atoms with van der Waals surface area (Å²) >= 11 is 0. The lowest BCUT2D eigenvalue weighted by atomic mass is 10.2. The first kappa shape index (κ1) is 15.1. The molecule has 1 N–H and O–H groups in total. The fourth-order valence-electron chi connectivity index (χ4n) is 1.19. The van der Waals surface area contributed by atoms with Crippen LogP contribution in [0.1, 0.15) is 0 Å². The minimum absolute atomic E-state index is 0. The van der Waals surface area contributed by atoms with Crippen molar-refractivity contribution in [2.24, 2.45) is 0 Å². The SMILES string of the molecule is Cl.Cl.O=S(=O)(O)c1cnc2ccccc2c1. The molecule has 4 nitrogen and oxygen atoms in total. The number of pyridine rings is 1. The molecule has 1 heterocycles. The third kappa shape index (κ3) is 3.05. The summed E-state index contributed by atoms with van der Waals surface area (Å²) < 4.78 is 30.4. The summed E-state index contributed by atoms with van der Waals surface area (Å²) in [6, 6.07) is 8.47. The molecule has 0 amide bonds. The summed E-state index contributed by atoms with van der Waals surface area (Å²) in [7, 11) is -4.16. The Morgan fingerprint density at radius 2 is 1.75 bits per heavy atom. The van der Waals surface area contributed by atoms with Crippen LogP contribution >= 0.6 is 24.8 Å². The number of aromatic nitrogens is 1. The van der Waals surface area contributed by atoms with Gasteiger partial charge in [-0.05, 0) is 12.1 Å². The molecule has 7 heteroatoms. The molecule has 0 unspecified atom stereocenters. The minimum Gasteiger partial charge on any atom is -0.282 e. The topological polar surface area (TPSA) is 67.3 Å². The van der Waals surface area contributed by atoms with Gasteiger partial charge in [0.1, 0.15) is 4.90 Å². The predicted molar refractivity (Wildman–Crippen MR) is 66.1 cm³/mol. The first-order chi connectivity index (χ1) is 6.57. The van der Waals surface area contributed by atoms with Crippen molar-refractivity contribution in [3.8, 4) is 0 Å². The lowest BCUT2D eigenvalue weighted by Gasteiger charge is -1.98. The van der Waals surface area contributed by atoms with Gasteiger partial charge in [-0.15, -0.1) is 24.8 Å². The summed E-state index contributed by atoms with van der Waals surface area (Å²) in [6.07, 6.45) is 1.14. The Morgan fingerprint density at radius 3 is 2.38 bits per heavy atom. The van der Waals surface area contributed by atoms with Crippen molar-refractivity contribution in [2.75, 3.05) is 0 Å². The van der Waals surface area contributed by atoms with Crippen LogP contribution in [-0.2, 0) is 10.1 Å². The number of fused-ring (bicyclic) bond motifs is 1. The maximum absolute atomic E-state index is 10.8. The third-order valence-electron chi connectivity index (χ3n) is 1.86. The predicted octanol–water partition coefficient (Wildman–Crippen LogP) is 2.33. The van der Waals surface area contributed by atoms with Crippen LogP contribution in [-0.4, -0.2) is 18.0 Å². The molecule has 0 aliphatic rings. The first-order valence-electron chi connectivity index (χ1n) is 3.90. The summed E-state index contributed by atoms with van der Waals surface area (Å²) in [5, 5.41) is 0.683. The molecule has 0 radical (unpaired) electrons. The van der Waals surface area contributed by atoms with Gasteiger partial charge in [-0.1, -0.05) is 18.2 Å². The number of nitrogens with zero attached hydrogens (tertiary/aromatic N) is 1. The van der Waals surface area contributed by atoms with E-state index >= 15 is 0 Å². The summed E-state index contributed by atoms with van der Waals surface area (Å²) in [4.78, 5) is 3.72. The molecule has 0 aliphatic heterocycles. The molecule has 16 heavy (non-hydrogen) atoms. The number of hydrogen-bond acceptors (Lipinski definition) is 3. The van der Waals surface area contributed by atoms with Crippen molar-refractivity contribution in [2.45, 2.75) is 4.90 Å². The Labute approximate surface area is 105 Å². The normalized spacial score (nSPS) is 10.3. The maximum atomic E-state index is 10.8. The van der Waals surface area contributed by atoms with E-state index in [-0.39, 0.29) is 29.7 Å². The zero-order valence-electron chi connectivity index (χ0n) is 7.90. The third-order valence-corrected chi connectivity index (χ3v) is 2.68. The second-order valence-electron chi connectivity index (χ2n) is 2.84. The zero-order chi connectivity index (χ0) is 10.2. The number of benzene rings is 1. The average molecular weight is 282 g/mol. The van der Waals surface area contributed by atoms with Crippen LogP contribution in [0.15, 0.2) is 41.4 Å². The van der Waals surface area contributed by atoms with Crippen LogP contribution in [0.25, 0.3) is 10.9 Å². The molecule has 0 saturated carbocycles. The van der Waals surface area contributed by atoms with Gasteiger partial charge in [-0.2, -0.15) is 8.42 Å². The second kappa shape index (κ2) is 5.45. The van der Waals surface area contributed by atoms with Crippen molar-refractivity contribution < 1.29 is 13.0 Å². The van der Waals surface area contributed by atoms with E-state index in [1.165, 1.54) is 6.07 Å². The zero-order valence-corrected chi connectivity index (χ0v) is 10.3. The Hall–Kier alpha value is -0.880. The second-order valence-corrected chi connectivity index (χ2v) is 4.26. The van der Waals surface area contributed by atoms with E-state index in [1.54, 1.807) is 18.2 Å². The van der Waals surface area contributed by atoms with Gasteiger partial charge < -0.3 is 0 Å². The molecular weight excluding hydrogens is 273 g/mol. The number of halogens is 2. The quantitative estimate of drug-likeness (QED) is 0.815. The monoisotopic (exact) mass is 281 g/mol. The summed E-state index contributed by atoms with van der Waals surface area (Å²) in [5.74, 6) is 0. The molecule has 2 rings (SSSR count). The van der Waals surface area contributed by atoms with Gasteiger partial charge in [-0.3, -0.25) is 9.54 Å². The van der Waals surface area contributed by atoms with Crippen LogP contribution in [0.4, 0.5) is 0 Å². The molecule has 1 aromatic heterocycles. The highest BCUT2D eigenvalue weighted by Gasteiger charge is 2.09. The molecule has 88 valence electrons. The molecule has 0 aliphatic carbocycles. The first-order valence-corrected chi connectivity index (χ1v) is 5.34. The summed E-state index contributed by atoms with van der Waals surface area (Å²) in [5.41, 5.74) is 0.694. The van der Waals surface area contributed by atoms with Crippen LogP contribution in [0.2, 0.25) is 0 Å². The van der Waals surface area contributed by atoms with Crippen molar-refractivity contribution in [1.82, 2.24) is 4.98 Å². The van der Waals surface area contributed by atoms with E-state index in [1.807, 2.05) is 6.07 Å². The van der Waals surface area contributed by atoms with E-state index in [4.69, 9.17) is 4.55 Å². The Bertz CT molecular complexity index is 586. The highest BCUT2D eigenvalue weighted by Crippen LogP contribution is 2.15. The van der Waals surface area contributed by atoms with Gasteiger partial charge in [-0.25, -0.2) is 0 Å². The fourth-order valence-corrected chi connectivity index (χ4v) is 1.65. The largest absolute Gasteiger partial charge is 0.296 e. The van der Waals surface area contributed by atoms with Gasteiger partial charge >= 0.3 is 0 Å². The smallest absolute Gasteiger partial charge is 0.282 e. The number of hydrogen-bond donors (Lipinski definition) is 1. The van der Waals surface area contributed by atoms with E-state index in [0.717, 1.165) is 6.20 Å². The summed E-state index contributed by atoms with van der Waals surface area (Å²) in [6.45, 7) is 0. The highest BCUT2D eigenvalue weighted by atomic mass is 35.5. The van der Waals surface area contributed by atoms with Crippen molar-refractivity contribution in [3.63, 3.8) is 0 Å². The van der Waals surface area contributed by atoms with E-state index in [0.29, 0.717) is 10.9 Å². The van der Waals surface area contributed by atoms with Crippen LogP contribution in [0, 0.1) is 0 Å². The van der Waals surface area contributed by atoms with Gasteiger partial charge in [0, 0.05) is 11.6 Å². The fraction of sp³-hybridized carbons (Fsp3) is 0. The average Bonchev–Trinajstić information content (AvgIpc) is 2.16. The van der Waals surface area contributed by atoms with Gasteiger partial charge in [0.15, 0.2) is 0 Å². The van der Waals surface area contributed by atoms with E-state index < -0.39 is 10.1 Å². The number of para-hydroxylation sites is 1. The van der Waals surface area contributed by atoms with Crippen molar-refractivity contribution >= 4 is 45.8 Å². The molecule has 0 bridgehead atoms. The van der Waals surface area contributed by atoms with Crippen LogP contribution < -0.4 is 0 Å². The lowest BCUT2D eigenvalue weighted by molar-refractivity contribution is 0.483. The van der Waals surface area contributed by atoms with Crippen molar-refractivity contribution in [1.29, 1.82) is 0 Å².